The van der Waals surface area contributed by atoms with E-state index in [1.165, 1.54) is 36.8 Å². The van der Waals surface area contributed by atoms with Crippen LogP contribution in [0, 0.1) is 13.0 Å². The predicted octanol–water partition coefficient (Wildman–Crippen LogP) is 4.67. The van der Waals surface area contributed by atoms with Gasteiger partial charge >= 0.3 is 0 Å². The lowest BCUT2D eigenvalue weighted by Gasteiger charge is -1.95. The number of hydrogen-bond donors (Lipinski definition) is 0. The maximum Gasteiger partial charge on any atom is -0.0149 e. The van der Waals surface area contributed by atoms with Crippen LogP contribution in [0.15, 0.2) is 30.3 Å². The highest BCUT2D eigenvalue weighted by Crippen LogP contribution is 2.06. The molecule has 81 valence electrons. The third-order valence-electron chi connectivity index (χ3n) is 2.52. The highest BCUT2D eigenvalue weighted by Gasteiger charge is 1.87. The van der Waals surface area contributed by atoms with Crippen LogP contribution in [-0.2, 0) is 0 Å². The van der Waals surface area contributed by atoms with Gasteiger partial charge in [0.05, 0.1) is 0 Å². The van der Waals surface area contributed by atoms with Crippen LogP contribution in [0.25, 0.3) is 0 Å². The van der Waals surface area contributed by atoms with Gasteiger partial charge in [0, 0.05) is 0 Å². The number of rotatable bonds is 6. The van der Waals surface area contributed by atoms with Crippen LogP contribution in [-0.4, -0.2) is 0 Å². The first kappa shape index (κ1) is 12.0. The van der Waals surface area contributed by atoms with Crippen LogP contribution in [0.2, 0.25) is 0 Å². The third kappa shape index (κ3) is 5.41. The Labute approximate surface area is 94.0 Å². The molecule has 0 aromatic heterocycles. The van der Waals surface area contributed by atoms with Gasteiger partial charge in [0.15, 0.2) is 0 Å². The molecule has 0 aliphatic rings. The van der Waals surface area contributed by atoms with E-state index in [2.05, 4.69) is 50.3 Å². The molecular formula is C15H21. The monoisotopic (exact) mass is 201 g/mol. The average molecular weight is 201 g/mol. The molecular weight excluding hydrogens is 180 g/mol. The summed E-state index contributed by atoms with van der Waals surface area (Å²) >= 11 is 0. The van der Waals surface area contributed by atoms with Crippen LogP contribution in [0.4, 0.5) is 0 Å². The predicted molar refractivity (Wildman–Crippen MR) is 66.9 cm³/mol. The summed E-state index contributed by atoms with van der Waals surface area (Å²) in [5.41, 5.74) is 2.50. The second-order valence-corrected chi connectivity index (χ2v) is 4.06. The Balaban J connectivity index is 2.23. The lowest BCUT2D eigenvalue weighted by Crippen LogP contribution is -1.77. The molecule has 15 heavy (non-hydrogen) atoms. The second-order valence-electron chi connectivity index (χ2n) is 4.06. The Kier molecular flexibility index (Phi) is 5.84. The van der Waals surface area contributed by atoms with E-state index in [4.69, 9.17) is 0 Å². The SMILES string of the molecule is CCCCCC/C=[C]\c1ccc(C)cc1. The maximum atomic E-state index is 3.32. The number of benzene rings is 1. The molecule has 0 bridgehead atoms. The third-order valence-corrected chi connectivity index (χ3v) is 2.52. The van der Waals surface area contributed by atoms with Gasteiger partial charge in [-0.3, -0.25) is 0 Å². The van der Waals surface area contributed by atoms with E-state index in [9.17, 15) is 0 Å². The van der Waals surface area contributed by atoms with Gasteiger partial charge in [-0.15, -0.1) is 0 Å². The Morgan fingerprint density at radius 2 is 1.80 bits per heavy atom. The summed E-state index contributed by atoms with van der Waals surface area (Å²) in [6.45, 7) is 4.35. The zero-order valence-electron chi connectivity index (χ0n) is 9.92. The molecule has 0 nitrogen and oxygen atoms in total. The maximum absolute atomic E-state index is 3.32. The zero-order valence-corrected chi connectivity index (χ0v) is 9.92. The van der Waals surface area contributed by atoms with Crippen molar-refractivity contribution in [2.24, 2.45) is 0 Å². The average Bonchev–Trinajstić information content (AvgIpc) is 2.26. The van der Waals surface area contributed by atoms with Crippen molar-refractivity contribution in [1.29, 1.82) is 0 Å². The van der Waals surface area contributed by atoms with E-state index in [0.29, 0.717) is 0 Å². The van der Waals surface area contributed by atoms with Crippen LogP contribution < -0.4 is 0 Å². The summed E-state index contributed by atoms with van der Waals surface area (Å²) in [5.74, 6) is 0. The molecule has 1 rings (SSSR count). The molecule has 0 saturated heterocycles. The van der Waals surface area contributed by atoms with Crippen molar-refractivity contribution in [3.63, 3.8) is 0 Å². The van der Waals surface area contributed by atoms with E-state index < -0.39 is 0 Å². The van der Waals surface area contributed by atoms with Gasteiger partial charge in [-0.1, -0.05) is 62.1 Å². The first-order valence-corrected chi connectivity index (χ1v) is 5.98. The smallest absolute Gasteiger partial charge is 0.0149 e. The summed E-state index contributed by atoms with van der Waals surface area (Å²) in [5, 5.41) is 0. The summed E-state index contributed by atoms with van der Waals surface area (Å²) in [7, 11) is 0. The lowest BCUT2D eigenvalue weighted by molar-refractivity contribution is 0.674. The molecule has 1 aromatic carbocycles. The van der Waals surface area contributed by atoms with Crippen molar-refractivity contribution in [2.45, 2.75) is 46.0 Å². The van der Waals surface area contributed by atoms with E-state index >= 15 is 0 Å². The molecule has 0 unspecified atom stereocenters. The summed E-state index contributed by atoms with van der Waals surface area (Å²) < 4.78 is 0. The highest BCUT2D eigenvalue weighted by molar-refractivity contribution is 5.26. The van der Waals surface area contributed by atoms with Crippen molar-refractivity contribution in [1.82, 2.24) is 0 Å². The minimum atomic E-state index is 1.16. The minimum Gasteiger partial charge on any atom is -0.0760 e. The van der Waals surface area contributed by atoms with E-state index in [1.54, 1.807) is 0 Å². The molecule has 1 aromatic rings. The Hall–Kier alpha value is -1.04. The van der Waals surface area contributed by atoms with Gasteiger partial charge in [-0.2, -0.15) is 0 Å². The van der Waals surface area contributed by atoms with Gasteiger partial charge in [-0.25, -0.2) is 0 Å². The summed E-state index contributed by atoms with van der Waals surface area (Å²) in [4.78, 5) is 0. The molecule has 0 heterocycles. The number of aryl methyl sites for hydroxylation is 1. The quantitative estimate of drug-likeness (QED) is 0.586. The number of unbranched alkanes of at least 4 members (excludes halogenated alkanes) is 4. The van der Waals surface area contributed by atoms with Gasteiger partial charge in [-0.05, 0) is 31.4 Å². The van der Waals surface area contributed by atoms with Crippen LogP contribution in [0.3, 0.4) is 0 Å². The van der Waals surface area contributed by atoms with Gasteiger partial charge in [0.25, 0.3) is 0 Å². The van der Waals surface area contributed by atoms with E-state index in [-0.39, 0.29) is 0 Å². The van der Waals surface area contributed by atoms with Gasteiger partial charge in [0.2, 0.25) is 0 Å². The molecule has 0 aliphatic carbocycles. The normalized spacial score (nSPS) is 11.1. The van der Waals surface area contributed by atoms with Crippen molar-refractivity contribution < 1.29 is 0 Å². The Morgan fingerprint density at radius 3 is 2.47 bits per heavy atom. The molecule has 0 fully saturated rings. The topological polar surface area (TPSA) is 0 Å². The largest absolute Gasteiger partial charge is 0.0760 e. The molecule has 0 N–H and O–H groups in total. The summed E-state index contributed by atoms with van der Waals surface area (Å²) in [6.07, 6.45) is 12.0. The molecule has 1 radical (unpaired) electrons. The summed E-state index contributed by atoms with van der Waals surface area (Å²) in [6, 6.07) is 8.51. The molecule has 0 amide bonds. The standard InChI is InChI=1S/C15H21/c1-3-4-5-6-7-8-9-15-12-10-14(2)11-13-15/h8,10-13H,3-7H2,1-2H3. The zero-order chi connectivity index (χ0) is 10.9. The Bertz CT molecular complexity index is 279. The van der Waals surface area contributed by atoms with Crippen molar-refractivity contribution >= 4 is 0 Å². The van der Waals surface area contributed by atoms with Gasteiger partial charge < -0.3 is 0 Å². The second kappa shape index (κ2) is 7.28. The van der Waals surface area contributed by atoms with Gasteiger partial charge in [0.1, 0.15) is 0 Å². The lowest BCUT2D eigenvalue weighted by atomic mass is 10.1. The molecule has 0 atom stereocenters. The van der Waals surface area contributed by atoms with Crippen LogP contribution in [0.5, 0.6) is 0 Å². The van der Waals surface area contributed by atoms with Crippen molar-refractivity contribution in [3.8, 4) is 0 Å². The fourth-order valence-electron chi connectivity index (χ4n) is 1.51. The van der Waals surface area contributed by atoms with E-state index in [1.807, 2.05) is 0 Å². The highest BCUT2D eigenvalue weighted by atomic mass is 13.9. The van der Waals surface area contributed by atoms with Crippen LogP contribution >= 0.6 is 0 Å². The van der Waals surface area contributed by atoms with Crippen molar-refractivity contribution in [3.05, 3.63) is 47.5 Å². The molecule has 0 aliphatic heterocycles. The first-order valence-electron chi connectivity index (χ1n) is 5.98. The minimum absolute atomic E-state index is 1.16. The number of allylic oxidation sites excluding steroid dienone is 1. The fourth-order valence-corrected chi connectivity index (χ4v) is 1.51. The first-order chi connectivity index (χ1) is 7.33. The molecule has 0 saturated carbocycles. The van der Waals surface area contributed by atoms with Crippen molar-refractivity contribution in [2.75, 3.05) is 0 Å². The number of hydrogen-bond acceptors (Lipinski definition) is 0. The molecule has 0 heteroatoms. The van der Waals surface area contributed by atoms with Crippen LogP contribution in [0.1, 0.15) is 50.2 Å². The fraction of sp³-hybridized carbons (Fsp3) is 0.467. The molecule has 0 spiro atoms. The van der Waals surface area contributed by atoms with E-state index in [0.717, 1.165) is 6.42 Å². The Morgan fingerprint density at radius 1 is 1.07 bits per heavy atom.